The van der Waals surface area contributed by atoms with Crippen molar-refractivity contribution in [2.24, 2.45) is 0 Å². The van der Waals surface area contributed by atoms with Crippen LogP contribution in [0.2, 0.25) is 0 Å². The first kappa shape index (κ1) is 16.3. The SMILES string of the molecule is COc1ccc(C(C)NC2CCCC(S(C)(=O)=O)C2)cc1. The van der Waals surface area contributed by atoms with Gasteiger partial charge in [-0.15, -0.1) is 0 Å². The third kappa shape index (κ3) is 4.45. The second kappa shape index (κ2) is 6.79. The van der Waals surface area contributed by atoms with Gasteiger partial charge in [-0.05, 0) is 43.9 Å². The average Bonchev–Trinajstić information content (AvgIpc) is 2.47. The van der Waals surface area contributed by atoms with Gasteiger partial charge in [0.25, 0.3) is 0 Å². The highest BCUT2D eigenvalue weighted by atomic mass is 32.2. The van der Waals surface area contributed by atoms with Crippen LogP contribution in [-0.4, -0.2) is 33.1 Å². The molecule has 0 amide bonds. The van der Waals surface area contributed by atoms with Crippen LogP contribution >= 0.6 is 0 Å². The lowest BCUT2D eigenvalue weighted by molar-refractivity contribution is 0.346. The molecule has 4 nitrogen and oxygen atoms in total. The molecule has 118 valence electrons. The summed E-state index contributed by atoms with van der Waals surface area (Å²) in [5, 5.41) is 3.38. The maximum absolute atomic E-state index is 11.7. The summed E-state index contributed by atoms with van der Waals surface area (Å²) in [5.41, 5.74) is 1.19. The van der Waals surface area contributed by atoms with Gasteiger partial charge in [0.2, 0.25) is 0 Å². The first-order valence-corrected chi connectivity index (χ1v) is 9.44. The Kier molecular flexibility index (Phi) is 5.27. The van der Waals surface area contributed by atoms with Gasteiger partial charge in [-0.3, -0.25) is 0 Å². The molecule has 0 bridgehead atoms. The van der Waals surface area contributed by atoms with Gasteiger partial charge < -0.3 is 10.1 Å². The maximum atomic E-state index is 11.7. The lowest BCUT2D eigenvalue weighted by Gasteiger charge is -2.31. The first-order valence-electron chi connectivity index (χ1n) is 7.49. The van der Waals surface area contributed by atoms with Gasteiger partial charge in [0.1, 0.15) is 15.6 Å². The van der Waals surface area contributed by atoms with Crippen molar-refractivity contribution < 1.29 is 13.2 Å². The normalized spacial score (nSPS) is 24.5. The molecular formula is C16H25NO3S. The van der Waals surface area contributed by atoms with Crippen molar-refractivity contribution in [1.29, 1.82) is 0 Å². The van der Waals surface area contributed by atoms with Crippen molar-refractivity contribution in [2.45, 2.75) is 49.9 Å². The van der Waals surface area contributed by atoms with E-state index in [1.165, 1.54) is 11.8 Å². The molecule has 1 aromatic carbocycles. The Balaban J connectivity index is 1.96. The molecular weight excluding hydrogens is 286 g/mol. The van der Waals surface area contributed by atoms with Gasteiger partial charge in [0, 0.05) is 18.3 Å². The number of nitrogens with one attached hydrogen (secondary N) is 1. The van der Waals surface area contributed by atoms with Gasteiger partial charge in [-0.25, -0.2) is 8.42 Å². The van der Waals surface area contributed by atoms with Crippen LogP contribution in [0.15, 0.2) is 24.3 Å². The Bertz CT molecular complexity index is 553. The summed E-state index contributed by atoms with van der Waals surface area (Å²) < 4.78 is 28.6. The molecule has 1 aliphatic carbocycles. The van der Waals surface area contributed by atoms with E-state index in [1.54, 1.807) is 7.11 Å². The Hall–Kier alpha value is -1.07. The van der Waals surface area contributed by atoms with Gasteiger partial charge in [0.05, 0.1) is 12.4 Å². The van der Waals surface area contributed by atoms with Crippen molar-refractivity contribution in [3.63, 3.8) is 0 Å². The molecule has 0 saturated heterocycles. The van der Waals surface area contributed by atoms with Crippen molar-refractivity contribution in [1.82, 2.24) is 5.32 Å². The van der Waals surface area contributed by atoms with Crippen molar-refractivity contribution >= 4 is 9.84 Å². The lowest BCUT2D eigenvalue weighted by Crippen LogP contribution is -2.39. The van der Waals surface area contributed by atoms with E-state index in [1.807, 2.05) is 24.3 Å². The molecule has 2 rings (SSSR count). The Labute approximate surface area is 127 Å². The van der Waals surface area contributed by atoms with Crippen molar-refractivity contribution in [3.05, 3.63) is 29.8 Å². The van der Waals surface area contributed by atoms with Crippen LogP contribution in [0.3, 0.4) is 0 Å². The summed E-state index contributed by atoms with van der Waals surface area (Å²) in [6.45, 7) is 2.12. The minimum Gasteiger partial charge on any atom is -0.497 e. The molecule has 0 spiro atoms. The Morgan fingerprint density at radius 2 is 1.90 bits per heavy atom. The van der Waals surface area contributed by atoms with Crippen LogP contribution in [0.4, 0.5) is 0 Å². The molecule has 1 N–H and O–H groups in total. The van der Waals surface area contributed by atoms with Crippen LogP contribution in [0.25, 0.3) is 0 Å². The first-order chi connectivity index (χ1) is 9.90. The molecule has 1 aliphatic rings. The van der Waals surface area contributed by atoms with Crippen LogP contribution in [-0.2, 0) is 9.84 Å². The quantitative estimate of drug-likeness (QED) is 0.908. The summed E-state index contributed by atoms with van der Waals surface area (Å²) in [6, 6.07) is 8.48. The second-order valence-electron chi connectivity index (χ2n) is 5.98. The lowest BCUT2D eigenvalue weighted by atomic mass is 9.93. The van der Waals surface area contributed by atoms with Gasteiger partial charge >= 0.3 is 0 Å². The largest absolute Gasteiger partial charge is 0.497 e. The number of methoxy groups -OCH3 is 1. The fourth-order valence-corrected chi connectivity index (χ4v) is 4.20. The van der Waals surface area contributed by atoms with Crippen molar-refractivity contribution in [2.75, 3.05) is 13.4 Å². The van der Waals surface area contributed by atoms with E-state index in [9.17, 15) is 8.42 Å². The third-order valence-electron chi connectivity index (χ3n) is 4.33. The molecule has 5 heteroatoms. The molecule has 0 aliphatic heterocycles. The number of hydrogen-bond donors (Lipinski definition) is 1. The molecule has 1 aromatic rings. The Morgan fingerprint density at radius 1 is 1.24 bits per heavy atom. The van der Waals surface area contributed by atoms with E-state index in [2.05, 4.69) is 12.2 Å². The van der Waals surface area contributed by atoms with E-state index in [0.29, 0.717) is 0 Å². The van der Waals surface area contributed by atoms with Gasteiger partial charge in [-0.1, -0.05) is 18.6 Å². The van der Waals surface area contributed by atoms with Crippen LogP contribution < -0.4 is 10.1 Å². The standard InChI is InChI=1S/C16H25NO3S/c1-12(13-7-9-15(20-2)10-8-13)17-14-5-4-6-16(11-14)21(3,18)19/h7-10,12,14,16-17H,4-6,11H2,1-3H3. The van der Waals surface area contributed by atoms with Crippen LogP contribution in [0.1, 0.15) is 44.2 Å². The number of ether oxygens (including phenoxy) is 1. The molecule has 3 atom stereocenters. The highest BCUT2D eigenvalue weighted by Crippen LogP contribution is 2.26. The number of hydrogen-bond acceptors (Lipinski definition) is 4. The highest BCUT2D eigenvalue weighted by Gasteiger charge is 2.29. The van der Waals surface area contributed by atoms with E-state index in [0.717, 1.165) is 31.4 Å². The van der Waals surface area contributed by atoms with E-state index < -0.39 is 9.84 Å². The molecule has 21 heavy (non-hydrogen) atoms. The van der Waals surface area contributed by atoms with Crippen LogP contribution in [0, 0.1) is 0 Å². The van der Waals surface area contributed by atoms with Gasteiger partial charge in [0.15, 0.2) is 0 Å². The summed E-state index contributed by atoms with van der Waals surface area (Å²) >= 11 is 0. The van der Waals surface area contributed by atoms with Crippen molar-refractivity contribution in [3.8, 4) is 5.75 Å². The zero-order valence-electron chi connectivity index (χ0n) is 13.0. The number of sulfone groups is 1. The fourth-order valence-electron chi connectivity index (χ4n) is 3.03. The number of rotatable bonds is 5. The fraction of sp³-hybridized carbons (Fsp3) is 0.625. The smallest absolute Gasteiger partial charge is 0.150 e. The summed E-state index contributed by atoms with van der Waals surface area (Å²) in [5.74, 6) is 0.848. The summed E-state index contributed by atoms with van der Waals surface area (Å²) in [6.07, 6.45) is 4.90. The molecule has 0 radical (unpaired) electrons. The van der Waals surface area contributed by atoms with Crippen LogP contribution in [0.5, 0.6) is 5.75 Å². The monoisotopic (exact) mass is 311 g/mol. The number of benzene rings is 1. The van der Waals surface area contributed by atoms with Gasteiger partial charge in [-0.2, -0.15) is 0 Å². The average molecular weight is 311 g/mol. The molecule has 1 saturated carbocycles. The predicted octanol–water partition coefficient (Wildman–Crippen LogP) is 2.70. The summed E-state index contributed by atoms with van der Waals surface area (Å²) in [7, 11) is -1.27. The minimum absolute atomic E-state index is 0.188. The minimum atomic E-state index is -2.92. The second-order valence-corrected chi connectivity index (χ2v) is 8.30. The van der Waals surface area contributed by atoms with E-state index >= 15 is 0 Å². The zero-order valence-corrected chi connectivity index (χ0v) is 13.8. The zero-order chi connectivity index (χ0) is 15.5. The predicted molar refractivity (Wildman–Crippen MR) is 85.4 cm³/mol. The topological polar surface area (TPSA) is 55.4 Å². The van der Waals surface area contributed by atoms with E-state index in [-0.39, 0.29) is 17.3 Å². The highest BCUT2D eigenvalue weighted by molar-refractivity contribution is 7.91. The molecule has 1 fully saturated rings. The maximum Gasteiger partial charge on any atom is 0.150 e. The van der Waals surface area contributed by atoms with E-state index in [4.69, 9.17) is 4.74 Å². The third-order valence-corrected chi connectivity index (χ3v) is 5.97. The molecule has 0 aromatic heterocycles. The summed E-state index contributed by atoms with van der Waals surface area (Å²) in [4.78, 5) is 0. The molecule has 0 heterocycles. The Morgan fingerprint density at radius 3 is 2.48 bits per heavy atom. The molecule has 3 unspecified atom stereocenters.